The molecule has 3 N–H and O–H groups in total. The summed E-state index contributed by atoms with van der Waals surface area (Å²) in [5, 5.41) is 0.577. The van der Waals surface area contributed by atoms with Gasteiger partial charge in [0.1, 0.15) is 5.82 Å². The summed E-state index contributed by atoms with van der Waals surface area (Å²) in [5.74, 6) is 6.76. The van der Waals surface area contributed by atoms with Crippen LogP contribution in [0.4, 0.5) is 4.39 Å². The zero-order valence-electron chi connectivity index (χ0n) is 10.8. The topological polar surface area (TPSA) is 38.0 Å². The smallest absolute Gasteiger partial charge is 0.123 e. The molecular weight excluding hydrogens is 247 g/mol. The monoisotopic (exact) mass is 268 g/mol. The number of rotatable bonds is 4. The number of hydrogen-bond acceptors (Lipinski definition) is 3. The molecule has 0 aliphatic carbocycles. The number of thioether (sulfide) groups is 1. The van der Waals surface area contributed by atoms with Crippen molar-refractivity contribution in [2.75, 3.05) is 5.75 Å². The van der Waals surface area contributed by atoms with Gasteiger partial charge in [-0.3, -0.25) is 11.3 Å². The maximum Gasteiger partial charge on any atom is 0.123 e. The van der Waals surface area contributed by atoms with Gasteiger partial charge in [-0.2, -0.15) is 11.8 Å². The van der Waals surface area contributed by atoms with Crippen molar-refractivity contribution >= 4 is 11.8 Å². The second-order valence-electron chi connectivity index (χ2n) is 4.95. The van der Waals surface area contributed by atoms with E-state index in [1.807, 2.05) is 24.8 Å². The fourth-order valence-electron chi connectivity index (χ4n) is 2.51. The zero-order valence-corrected chi connectivity index (χ0v) is 11.6. The van der Waals surface area contributed by atoms with Crippen LogP contribution in [0.15, 0.2) is 18.2 Å². The standard InChI is InChI=1S/C14H21FN2S/c1-10-8-12(15)6-5-11(10)9-13(17-16)14-4-2-3-7-18-14/h5-6,8,13-14,17H,2-4,7,9,16H2,1H3. The van der Waals surface area contributed by atoms with Crippen molar-refractivity contribution in [1.29, 1.82) is 0 Å². The molecular formula is C14H21FN2S. The van der Waals surface area contributed by atoms with Crippen LogP contribution >= 0.6 is 11.8 Å². The molecule has 1 aliphatic rings. The SMILES string of the molecule is Cc1cc(F)ccc1CC(NN)C1CCCCS1. The molecule has 2 atom stereocenters. The van der Waals surface area contributed by atoms with Gasteiger partial charge >= 0.3 is 0 Å². The second kappa shape index (κ2) is 6.55. The number of nitrogens with one attached hydrogen (secondary N) is 1. The molecule has 0 radical (unpaired) electrons. The summed E-state index contributed by atoms with van der Waals surface area (Å²) in [5.41, 5.74) is 5.14. The number of nitrogens with two attached hydrogens (primary N) is 1. The van der Waals surface area contributed by atoms with Crippen LogP contribution < -0.4 is 11.3 Å². The number of hydrazine groups is 1. The summed E-state index contributed by atoms with van der Waals surface area (Å²) in [6, 6.07) is 5.28. The Morgan fingerprint density at radius 3 is 2.94 bits per heavy atom. The molecule has 0 saturated carbocycles. The Kier molecular flexibility index (Phi) is 5.03. The molecule has 0 bridgehead atoms. The molecule has 0 aromatic heterocycles. The molecule has 1 aromatic rings. The van der Waals surface area contributed by atoms with E-state index in [0.717, 1.165) is 12.0 Å². The van der Waals surface area contributed by atoms with Crippen LogP contribution in [-0.4, -0.2) is 17.0 Å². The van der Waals surface area contributed by atoms with Crippen molar-refractivity contribution in [2.24, 2.45) is 5.84 Å². The van der Waals surface area contributed by atoms with E-state index in [0.29, 0.717) is 5.25 Å². The molecule has 18 heavy (non-hydrogen) atoms. The first-order valence-electron chi connectivity index (χ1n) is 6.53. The second-order valence-corrected chi connectivity index (χ2v) is 6.30. The van der Waals surface area contributed by atoms with Gasteiger partial charge in [-0.15, -0.1) is 0 Å². The zero-order chi connectivity index (χ0) is 13.0. The van der Waals surface area contributed by atoms with E-state index in [1.165, 1.54) is 36.6 Å². The minimum absolute atomic E-state index is 0.166. The Labute approximate surface area is 112 Å². The van der Waals surface area contributed by atoms with Gasteiger partial charge in [0, 0.05) is 11.3 Å². The lowest BCUT2D eigenvalue weighted by atomic mass is 9.97. The Hall–Kier alpha value is -0.580. The van der Waals surface area contributed by atoms with Crippen LogP contribution in [0.5, 0.6) is 0 Å². The largest absolute Gasteiger partial charge is 0.271 e. The third-order valence-corrected chi connectivity index (χ3v) is 5.14. The van der Waals surface area contributed by atoms with E-state index < -0.39 is 0 Å². The summed E-state index contributed by atoms with van der Waals surface area (Å²) in [6.45, 7) is 1.96. The van der Waals surface area contributed by atoms with Crippen molar-refractivity contribution in [1.82, 2.24) is 5.43 Å². The fourth-order valence-corrected chi connectivity index (χ4v) is 3.92. The Bertz CT molecular complexity index is 391. The molecule has 4 heteroatoms. The predicted octanol–water partition coefficient (Wildman–Crippen LogP) is 2.79. The van der Waals surface area contributed by atoms with E-state index >= 15 is 0 Å². The molecule has 2 rings (SSSR count). The van der Waals surface area contributed by atoms with Crippen molar-refractivity contribution in [3.8, 4) is 0 Å². The average molecular weight is 268 g/mol. The lowest BCUT2D eigenvalue weighted by molar-refractivity contribution is 0.471. The van der Waals surface area contributed by atoms with Gasteiger partial charge < -0.3 is 0 Å². The Morgan fingerprint density at radius 1 is 1.50 bits per heavy atom. The lowest BCUT2D eigenvalue weighted by Crippen LogP contribution is -2.45. The summed E-state index contributed by atoms with van der Waals surface area (Å²) in [6.07, 6.45) is 4.70. The molecule has 1 saturated heterocycles. The van der Waals surface area contributed by atoms with Gasteiger partial charge in [0.25, 0.3) is 0 Å². The van der Waals surface area contributed by atoms with Crippen molar-refractivity contribution in [3.63, 3.8) is 0 Å². The first-order valence-corrected chi connectivity index (χ1v) is 7.58. The Morgan fingerprint density at radius 2 is 2.33 bits per heavy atom. The minimum atomic E-state index is -0.166. The highest BCUT2D eigenvalue weighted by atomic mass is 32.2. The van der Waals surface area contributed by atoms with Crippen LogP contribution in [0.25, 0.3) is 0 Å². The third-order valence-electron chi connectivity index (χ3n) is 3.62. The first-order chi connectivity index (χ1) is 8.70. The third kappa shape index (κ3) is 3.46. The summed E-state index contributed by atoms with van der Waals surface area (Å²) < 4.78 is 13.1. The summed E-state index contributed by atoms with van der Waals surface area (Å²) in [4.78, 5) is 0. The van der Waals surface area contributed by atoms with Crippen LogP contribution in [0, 0.1) is 12.7 Å². The highest BCUT2D eigenvalue weighted by Gasteiger charge is 2.23. The number of hydrogen-bond donors (Lipinski definition) is 2. The number of aryl methyl sites for hydroxylation is 1. The van der Waals surface area contributed by atoms with E-state index in [-0.39, 0.29) is 11.9 Å². The summed E-state index contributed by atoms with van der Waals surface area (Å²) in [7, 11) is 0. The molecule has 0 spiro atoms. The fraction of sp³-hybridized carbons (Fsp3) is 0.571. The van der Waals surface area contributed by atoms with E-state index in [1.54, 1.807) is 6.07 Å². The van der Waals surface area contributed by atoms with Gasteiger partial charge in [0.2, 0.25) is 0 Å². The predicted molar refractivity (Wildman–Crippen MR) is 76.0 cm³/mol. The Balaban J connectivity index is 2.04. The molecule has 1 aliphatic heterocycles. The van der Waals surface area contributed by atoms with Crippen molar-refractivity contribution < 1.29 is 4.39 Å². The highest BCUT2D eigenvalue weighted by Crippen LogP contribution is 2.29. The maximum absolute atomic E-state index is 13.1. The van der Waals surface area contributed by atoms with Gasteiger partial charge in [0.15, 0.2) is 0 Å². The molecule has 0 amide bonds. The number of benzene rings is 1. The minimum Gasteiger partial charge on any atom is -0.271 e. The maximum atomic E-state index is 13.1. The molecule has 1 aromatic carbocycles. The van der Waals surface area contributed by atoms with Crippen LogP contribution in [0.1, 0.15) is 30.4 Å². The van der Waals surface area contributed by atoms with Gasteiger partial charge in [-0.1, -0.05) is 12.5 Å². The summed E-state index contributed by atoms with van der Waals surface area (Å²) >= 11 is 2.01. The molecule has 1 heterocycles. The van der Waals surface area contributed by atoms with Crippen LogP contribution in [0.2, 0.25) is 0 Å². The number of halogens is 1. The van der Waals surface area contributed by atoms with Gasteiger partial charge in [-0.25, -0.2) is 4.39 Å². The van der Waals surface area contributed by atoms with Crippen molar-refractivity contribution in [3.05, 3.63) is 35.1 Å². The molecule has 100 valence electrons. The quantitative estimate of drug-likeness (QED) is 0.651. The van der Waals surface area contributed by atoms with Crippen molar-refractivity contribution in [2.45, 2.75) is 43.9 Å². The molecule has 1 fully saturated rings. The average Bonchev–Trinajstić information content (AvgIpc) is 2.39. The lowest BCUT2D eigenvalue weighted by Gasteiger charge is -2.29. The normalized spacial score (nSPS) is 21.8. The van der Waals surface area contributed by atoms with E-state index in [4.69, 9.17) is 5.84 Å². The van der Waals surface area contributed by atoms with Gasteiger partial charge in [0.05, 0.1) is 0 Å². The van der Waals surface area contributed by atoms with Crippen LogP contribution in [0.3, 0.4) is 0 Å². The van der Waals surface area contributed by atoms with E-state index in [2.05, 4.69) is 5.43 Å². The molecule has 2 unspecified atom stereocenters. The molecule has 2 nitrogen and oxygen atoms in total. The highest BCUT2D eigenvalue weighted by molar-refractivity contribution is 8.00. The van der Waals surface area contributed by atoms with E-state index in [9.17, 15) is 4.39 Å². The van der Waals surface area contributed by atoms with Crippen LogP contribution in [-0.2, 0) is 6.42 Å². The first kappa shape index (κ1) is 13.8. The van der Waals surface area contributed by atoms with Gasteiger partial charge in [-0.05, 0) is 55.2 Å².